The lowest BCUT2D eigenvalue weighted by atomic mass is 10.2. The molecule has 2 unspecified atom stereocenters. The number of carbonyl (C=O) groups excluding carboxylic acids is 2. The number of aryl methyl sites for hydroxylation is 1. The van der Waals surface area contributed by atoms with Crippen molar-refractivity contribution in [2.75, 3.05) is 0 Å². The van der Waals surface area contributed by atoms with E-state index in [2.05, 4.69) is 10.6 Å². The normalized spacial score (nSPS) is 13.2. The minimum absolute atomic E-state index is 0.253. The molecule has 0 aliphatic carbocycles. The van der Waals surface area contributed by atoms with Gasteiger partial charge in [0.15, 0.2) is 0 Å². The maximum Gasteiger partial charge on any atom is 0.251 e. The molecule has 2 atom stereocenters. The monoisotopic (exact) mass is 300 g/mol. The van der Waals surface area contributed by atoms with Crippen molar-refractivity contribution >= 4 is 11.8 Å². The lowest BCUT2D eigenvalue weighted by molar-refractivity contribution is -0.123. The molecule has 0 saturated carbocycles. The Balaban J connectivity index is 1.91. The molecule has 0 fully saturated rings. The molecular weight excluding hydrogens is 280 g/mol. The first kappa shape index (κ1) is 15.8. The van der Waals surface area contributed by atoms with Gasteiger partial charge in [-0.25, -0.2) is 0 Å². The van der Waals surface area contributed by atoms with E-state index in [0.29, 0.717) is 11.3 Å². The summed E-state index contributed by atoms with van der Waals surface area (Å²) < 4.78 is 5.47. The first-order valence-corrected chi connectivity index (χ1v) is 7.20. The largest absolute Gasteiger partial charge is 0.464 e. The van der Waals surface area contributed by atoms with Gasteiger partial charge in [0.2, 0.25) is 5.91 Å². The van der Waals surface area contributed by atoms with Crippen molar-refractivity contribution in [1.29, 1.82) is 0 Å². The predicted octanol–water partition coefficient (Wildman–Crippen LogP) is 2.58. The fourth-order valence-electron chi connectivity index (χ4n) is 2.03. The van der Waals surface area contributed by atoms with Crippen LogP contribution in [0.2, 0.25) is 0 Å². The van der Waals surface area contributed by atoms with Gasteiger partial charge in [-0.3, -0.25) is 9.59 Å². The Morgan fingerprint density at radius 2 is 1.68 bits per heavy atom. The molecule has 0 bridgehead atoms. The van der Waals surface area contributed by atoms with E-state index in [-0.39, 0.29) is 17.9 Å². The summed E-state index contributed by atoms with van der Waals surface area (Å²) >= 11 is 0. The lowest BCUT2D eigenvalue weighted by Crippen LogP contribution is -2.45. The van der Waals surface area contributed by atoms with E-state index in [1.165, 1.54) is 0 Å². The number of furan rings is 1. The molecule has 0 aliphatic heterocycles. The van der Waals surface area contributed by atoms with Crippen LogP contribution in [-0.4, -0.2) is 17.9 Å². The fraction of sp³-hybridized carbons (Fsp3) is 0.294. The van der Waals surface area contributed by atoms with Crippen molar-refractivity contribution in [3.05, 3.63) is 59.5 Å². The maximum absolute atomic E-state index is 12.1. The topological polar surface area (TPSA) is 71.3 Å². The van der Waals surface area contributed by atoms with E-state index < -0.39 is 6.04 Å². The SMILES string of the molecule is Cc1ccc(C(C)NC(=O)C(C)NC(=O)c2ccccc2)o1. The van der Waals surface area contributed by atoms with Crippen LogP contribution in [0.15, 0.2) is 46.9 Å². The molecule has 0 saturated heterocycles. The Hall–Kier alpha value is -2.56. The molecule has 2 amide bonds. The van der Waals surface area contributed by atoms with Crippen molar-refractivity contribution in [3.8, 4) is 0 Å². The molecule has 0 aliphatic rings. The number of rotatable bonds is 5. The van der Waals surface area contributed by atoms with E-state index in [4.69, 9.17) is 4.42 Å². The van der Waals surface area contributed by atoms with Crippen LogP contribution in [0.3, 0.4) is 0 Å². The minimum Gasteiger partial charge on any atom is -0.464 e. The first-order valence-electron chi connectivity index (χ1n) is 7.20. The molecule has 116 valence electrons. The highest BCUT2D eigenvalue weighted by Crippen LogP contribution is 2.15. The molecule has 1 aromatic heterocycles. The third kappa shape index (κ3) is 3.97. The number of amides is 2. The van der Waals surface area contributed by atoms with Crippen LogP contribution >= 0.6 is 0 Å². The minimum atomic E-state index is -0.633. The second-order valence-corrected chi connectivity index (χ2v) is 5.24. The summed E-state index contributed by atoms with van der Waals surface area (Å²) in [5, 5.41) is 5.50. The number of benzene rings is 1. The molecule has 2 N–H and O–H groups in total. The first-order chi connectivity index (χ1) is 10.5. The van der Waals surface area contributed by atoms with Crippen LogP contribution in [0.5, 0.6) is 0 Å². The van der Waals surface area contributed by atoms with Gasteiger partial charge in [-0.1, -0.05) is 18.2 Å². The summed E-state index contributed by atoms with van der Waals surface area (Å²) in [5.74, 6) is 0.949. The summed E-state index contributed by atoms with van der Waals surface area (Å²) in [6.07, 6.45) is 0. The molecule has 1 aromatic carbocycles. The zero-order valence-corrected chi connectivity index (χ0v) is 12.9. The molecule has 5 nitrogen and oxygen atoms in total. The average molecular weight is 300 g/mol. The van der Waals surface area contributed by atoms with Crippen LogP contribution < -0.4 is 10.6 Å². The highest BCUT2D eigenvalue weighted by molar-refractivity contribution is 5.97. The zero-order chi connectivity index (χ0) is 16.1. The summed E-state index contributed by atoms with van der Waals surface area (Å²) in [6, 6.07) is 11.6. The Morgan fingerprint density at radius 1 is 1.00 bits per heavy atom. The predicted molar refractivity (Wildman–Crippen MR) is 83.4 cm³/mol. The van der Waals surface area contributed by atoms with E-state index >= 15 is 0 Å². The van der Waals surface area contributed by atoms with E-state index in [1.54, 1.807) is 31.2 Å². The Labute approximate surface area is 129 Å². The summed E-state index contributed by atoms with van der Waals surface area (Å²) in [4.78, 5) is 24.1. The van der Waals surface area contributed by atoms with Gasteiger partial charge in [-0.15, -0.1) is 0 Å². The second-order valence-electron chi connectivity index (χ2n) is 5.24. The lowest BCUT2D eigenvalue weighted by Gasteiger charge is -2.17. The molecule has 0 spiro atoms. The third-order valence-electron chi connectivity index (χ3n) is 3.32. The van der Waals surface area contributed by atoms with Gasteiger partial charge in [0.25, 0.3) is 5.91 Å². The smallest absolute Gasteiger partial charge is 0.251 e. The molecule has 5 heteroatoms. The van der Waals surface area contributed by atoms with Crippen LogP contribution in [0.4, 0.5) is 0 Å². The number of hydrogen-bond donors (Lipinski definition) is 2. The number of hydrogen-bond acceptors (Lipinski definition) is 3. The van der Waals surface area contributed by atoms with E-state index in [0.717, 1.165) is 5.76 Å². The molecule has 2 aromatic rings. The highest BCUT2D eigenvalue weighted by Gasteiger charge is 2.19. The standard InChI is InChI=1S/C17H20N2O3/c1-11-9-10-15(22-11)12(2)18-16(20)13(3)19-17(21)14-7-5-4-6-8-14/h4-10,12-13H,1-3H3,(H,18,20)(H,19,21). The van der Waals surface area contributed by atoms with Crippen LogP contribution in [0.25, 0.3) is 0 Å². The van der Waals surface area contributed by atoms with Gasteiger partial charge < -0.3 is 15.1 Å². The van der Waals surface area contributed by atoms with E-state index in [9.17, 15) is 9.59 Å². The van der Waals surface area contributed by atoms with Gasteiger partial charge in [-0.05, 0) is 45.0 Å². The maximum atomic E-state index is 12.1. The van der Waals surface area contributed by atoms with Gasteiger partial charge in [0.1, 0.15) is 17.6 Å². The molecule has 1 heterocycles. The van der Waals surface area contributed by atoms with Crippen molar-refractivity contribution in [1.82, 2.24) is 10.6 Å². The summed E-state index contributed by atoms with van der Waals surface area (Å²) in [5.41, 5.74) is 0.525. The fourth-order valence-corrected chi connectivity index (χ4v) is 2.03. The second kappa shape index (κ2) is 6.93. The summed E-state index contributed by atoms with van der Waals surface area (Å²) in [7, 11) is 0. The Bertz CT molecular complexity index is 649. The van der Waals surface area contributed by atoms with Crippen molar-refractivity contribution in [2.45, 2.75) is 32.9 Å². The number of nitrogens with one attached hydrogen (secondary N) is 2. The molecular formula is C17H20N2O3. The van der Waals surface area contributed by atoms with Crippen molar-refractivity contribution < 1.29 is 14.0 Å². The third-order valence-corrected chi connectivity index (χ3v) is 3.32. The molecule has 22 heavy (non-hydrogen) atoms. The summed E-state index contributed by atoms with van der Waals surface area (Å²) in [6.45, 7) is 5.33. The van der Waals surface area contributed by atoms with Gasteiger partial charge in [-0.2, -0.15) is 0 Å². The van der Waals surface area contributed by atoms with Crippen molar-refractivity contribution in [2.24, 2.45) is 0 Å². The zero-order valence-electron chi connectivity index (χ0n) is 12.9. The van der Waals surface area contributed by atoms with Gasteiger partial charge >= 0.3 is 0 Å². The number of carbonyl (C=O) groups is 2. The van der Waals surface area contributed by atoms with Crippen molar-refractivity contribution in [3.63, 3.8) is 0 Å². The molecule has 2 rings (SSSR count). The average Bonchev–Trinajstić information content (AvgIpc) is 2.94. The quantitative estimate of drug-likeness (QED) is 0.891. The van der Waals surface area contributed by atoms with Gasteiger partial charge in [0.05, 0.1) is 6.04 Å². The van der Waals surface area contributed by atoms with E-state index in [1.807, 2.05) is 32.0 Å². The van der Waals surface area contributed by atoms with Gasteiger partial charge in [0, 0.05) is 5.56 Å². The highest BCUT2D eigenvalue weighted by atomic mass is 16.3. The van der Waals surface area contributed by atoms with Crippen LogP contribution in [-0.2, 0) is 4.79 Å². The Morgan fingerprint density at radius 3 is 2.27 bits per heavy atom. The van der Waals surface area contributed by atoms with Crippen LogP contribution in [0.1, 0.15) is 41.8 Å². The molecule has 0 radical (unpaired) electrons. The Kier molecular flexibility index (Phi) is 4.99. The van der Waals surface area contributed by atoms with Crippen LogP contribution in [0, 0.1) is 6.92 Å².